The number of nitrogens with zero attached hydrogens (tertiary/aromatic N) is 1. The molecule has 0 aromatic rings. The van der Waals surface area contributed by atoms with Crippen molar-refractivity contribution in [2.45, 2.75) is 50.2 Å². The van der Waals surface area contributed by atoms with Gasteiger partial charge in [-0.15, -0.1) is 0 Å². The van der Waals surface area contributed by atoms with E-state index in [9.17, 15) is 29.1 Å². The van der Waals surface area contributed by atoms with Crippen molar-refractivity contribution in [1.29, 1.82) is 0 Å². The predicted molar refractivity (Wildman–Crippen MR) is 122 cm³/mol. The van der Waals surface area contributed by atoms with Crippen LogP contribution in [-0.2, 0) is 24.0 Å². The number of amides is 3. The van der Waals surface area contributed by atoms with E-state index in [1.807, 2.05) is 6.26 Å². The van der Waals surface area contributed by atoms with Gasteiger partial charge in [-0.2, -0.15) is 11.8 Å². The number of nitrogens with two attached hydrogens (primary N) is 3. The minimum Gasteiger partial charge on any atom is -0.481 e. The second-order valence-electron chi connectivity index (χ2n) is 7.01. The van der Waals surface area contributed by atoms with Crippen LogP contribution in [0.1, 0.15) is 32.1 Å². The lowest BCUT2D eigenvalue weighted by Crippen LogP contribution is -2.53. The molecule has 0 aliphatic rings. The first-order valence-electron chi connectivity index (χ1n) is 10.1. The number of carboxylic acids is 2. The molecule has 3 unspecified atom stereocenters. The predicted octanol–water partition coefficient (Wildman–Crippen LogP) is -2.84. The summed E-state index contributed by atoms with van der Waals surface area (Å²) in [5.41, 5.74) is 16.2. The summed E-state index contributed by atoms with van der Waals surface area (Å²) in [6, 6.07) is -3.41. The quantitative estimate of drug-likeness (QED) is 0.0584. The zero-order chi connectivity index (χ0) is 25.4. The normalized spacial score (nSPS) is 13.2. The molecule has 0 aliphatic heterocycles. The standard InChI is InChI=1S/C18H33N7O7S/c1-33-8-6-10(19)15(29)23-9-13(26)24-11(3-2-7-22-18(20)21)16(30)25-12(17(31)32)4-5-14(27)28/h10-12H,2-9,19H2,1H3,(H,23,29)(H,24,26)(H,25,30)(H,27,28)(H,31,32)(H4,20,21,22). The van der Waals surface area contributed by atoms with E-state index in [0.717, 1.165) is 0 Å². The summed E-state index contributed by atoms with van der Waals surface area (Å²) in [4.78, 5) is 62.6. The average Bonchev–Trinajstić information content (AvgIpc) is 2.74. The lowest BCUT2D eigenvalue weighted by molar-refractivity contribution is -0.143. The summed E-state index contributed by atoms with van der Waals surface area (Å²) in [7, 11) is 0. The fourth-order valence-electron chi connectivity index (χ4n) is 2.49. The Kier molecular flexibility index (Phi) is 15.0. The third-order valence-corrected chi connectivity index (χ3v) is 4.90. The fraction of sp³-hybridized carbons (Fsp3) is 0.667. The van der Waals surface area contributed by atoms with E-state index < -0.39 is 60.8 Å². The maximum atomic E-state index is 12.6. The van der Waals surface area contributed by atoms with E-state index in [2.05, 4.69) is 20.9 Å². The molecule has 0 bridgehead atoms. The Hall–Kier alpha value is -3.07. The van der Waals surface area contributed by atoms with Crippen LogP contribution in [0.4, 0.5) is 0 Å². The Morgan fingerprint density at radius 2 is 1.64 bits per heavy atom. The Morgan fingerprint density at radius 3 is 2.18 bits per heavy atom. The third kappa shape index (κ3) is 14.6. The molecule has 0 saturated heterocycles. The second kappa shape index (κ2) is 16.5. The molecule has 3 atom stereocenters. The molecule has 0 radical (unpaired) electrons. The molecular formula is C18H33N7O7S. The van der Waals surface area contributed by atoms with Crippen molar-refractivity contribution in [3.8, 4) is 0 Å². The molecule has 14 nitrogen and oxygen atoms in total. The van der Waals surface area contributed by atoms with Crippen molar-refractivity contribution in [1.82, 2.24) is 16.0 Å². The Balaban J connectivity index is 5.04. The molecule has 33 heavy (non-hydrogen) atoms. The lowest BCUT2D eigenvalue weighted by atomic mass is 10.1. The van der Waals surface area contributed by atoms with Crippen molar-refractivity contribution in [2.75, 3.05) is 25.1 Å². The molecule has 3 amide bonds. The highest BCUT2D eigenvalue weighted by molar-refractivity contribution is 7.98. The van der Waals surface area contributed by atoms with Gasteiger partial charge in [0.1, 0.15) is 12.1 Å². The van der Waals surface area contributed by atoms with Gasteiger partial charge in [-0.1, -0.05) is 0 Å². The van der Waals surface area contributed by atoms with E-state index in [0.29, 0.717) is 12.2 Å². The molecule has 0 rings (SSSR count). The van der Waals surface area contributed by atoms with E-state index in [4.69, 9.17) is 22.3 Å². The number of nitrogens with one attached hydrogen (secondary N) is 3. The Morgan fingerprint density at radius 1 is 0.970 bits per heavy atom. The minimum absolute atomic E-state index is 0.0564. The number of rotatable bonds is 17. The van der Waals surface area contributed by atoms with Crippen molar-refractivity contribution in [2.24, 2.45) is 22.2 Å². The highest BCUT2D eigenvalue weighted by Crippen LogP contribution is 2.03. The zero-order valence-electron chi connectivity index (χ0n) is 18.4. The summed E-state index contributed by atoms with van der Waals surface area (Å²) in [5, 5.41) is 25.0. The molecule has 0 saturated carbocycles. The van der Waals surface area contributed by atoms with E-state index >= 15 is 0 Å². The highest BCUT2D eigenvalue weighted by atomic mass is 32.2. The molecule has 0 aromatic carbocycles. The highest BCUT2D eigenvalue weighted by Gasteiger charge is 2.27. The number of aliphatic carboxylic acids is 2. The molecular weight excluding hydrogens is 458 g/mol. The number of carbonyl (C=O) groups is 5. The topological polar surface area (TPSA) is 252 Å². The van der Waals surface area contributed by atoms with Gasteiger partial charge in [0.25, 0.3) is 0 Å². The summed E-state index contributed by atoms with van der Waals surface area (Å²) in [5.74, 6) is -4.15. The van der Waals surface area contributed by atoms with Gasteiger partial charge in [0.15, 0.2) is 5.96 Å². The zero-order valence-corrected chi connectivity index (χ0v) is 19.2. The monoisotopic (exact) mass is 491 g/mol. The smallest absolute Gasteiger partial charge is 0.326 e. The number of thioether (sulfide) groups is 1. The van der Waals surface area contributed by atoms with Gasteiger partial charge in [-0.25, -0.2) is 4.79 Å². The second-order valence-corrected chi connectivity index (χ2v) is 7.99. The van der Waals surface area contributed by atoms with Crippen LogP contribution in [0.2, 0.25) is 0 Å². The average molecular weight is 492 g/mol. The van der Waals surface area contributed by atoms with E-state index in [1.165, 1.54) is 11.8 Å². The van der Waals surface area contributed by atoms with Crippen molar-refractivity contribution >= 4 is 47.4 Å². The molecule has 0 aliphatic carbocycles. The first-order chi connectivity index (χ1) is 15.5. The Labute approximate surface area is 195 Å². The van der Waals surface area contributed by atoms with Gasteiger partial charge < -0.3 is 43.4 Å². The number of aliphatic imine (C=N–C) groups is 1. The fourth-order valence-corrected chi connectivity index (χ4v) is 2.98. The van der Waals surface area contributed by atoms with E-state index in [1.54, 1.807) is 0 Å². The summed E-state index contributed by atoms with van der Waals surface area (Å²) < 4.78 is 0. The first-order valence-corrected chi connectivity index (χ1v) is 11.5. The van der Waals surface area contributed by atoms with Crippen LogP contribution in [-0.4, -0.2) is 89.1 Å². The van der Waals surface area contributed by atoms with Crippen LogP contribution in [0.3, 0.4) is 0 Å². The molecule has 0 fully saturated rings. The van der Waals surface area contributed by atoms with Crippen LogP contribution in [0.15, 0.2) is 4.99 Å². The molecule has 188 valence electrons. The van der Waals surface area contributed by atoms with Crippen LogP contribution in [0.5, 0.6) is 0 Å². The molecule has 11 N–H and O–H groups in total. The molecule has 0 heterocycles. The summed E-state index contributed by atoms with van der Waals surface area (Å²) >= 11 is 1.52. The molecule has 15 heteroatoms. The van der Waals surface area contributed by atoms with Crippen molar-refractivity contribution in [3.63, 3.8) is 0 Å². The van der Waals surface area contributed by atoms with Gasteiger partial charge in [0.05, 0.1) is 12.6 Å². The number of guanidine groups is 1. The van der Waals surface area contributed by atoms with Crippen LogP contribution in [0, 0.1) is 0 Å². The maximum Gasteiger partial charge on any atom is 0.326 e. The number of carboxylic acid groups (broad SMARTS) is 2. The lowest BCUT2D eigenvalue weighted by Gasteiger charge is -2.21. The van der Waals surface area contributed by atoms with Gasteiger partial charge in [0, 0.05) is 13.0 Å². The van der Waals surface area contributed by atoms with Gasteiger partial charge in [-0.3, -0.25) is 24.2 Å². The maximum absolute atomic E-state index is 12.6. The van der Waals surface area contributed by atoms with Crippen molar-refractivity contribution < 1.29 is 34.2 Å². The van der Waals surface area contributed by atoms with E-state index in [-0.39, 0.29) is 31.8 Å². The number of hydrogen-bond acceptors (Lipinski definition) is 8. The Bertz CT molecular complexity index is 716. The molecule has 0 spiro atoms. The number of hydrogen-bond donors (Lipinski definition) is 8. The first kappa shape index (κ1) is 29.9. The van der Waals surface area contributed by atoms with Crippen LogP contribution < -0.4 is 33.2 Å². The van der Waals surface area contributed by atoms with Crippen LogP contribution in [0.25, 0.3) is 0 Å². The van der Waals surface area contributed by atoms with Crippen LogP contribution >= 0.6 is 11.8 Å². The minimum atomic E-state index is -1.46. The van der Waals surface area contributed by atoms with Gasteiger partial charge in [-0.05, 0) is 37.7 Å². The van der Waals surface area contributed by atoms with Crippen molar-refractivity contribution in [3.05, 3.63) is 0 Å². The summed E-state index contributed by atoms with van der Waals surface area (Å²) in [6.07, 6.45) is 1.82. The van der Waals surface area contributed by atoms with Gasteiger partial charge in [0.2, 0.25) is 17.7 Å². The SMILES string of the molecule is CSCCC(N)C(=O)NCC(=O)NC(CCCN=C(N)N)C(=O)NC(CCC(=O)O)C(=O)O. The number of carbonyl (C=O) groups excluding carboxylic acids is 3. The molecule has 0 aromatic heterocycles. The summed E-state index contributed by atoms with van der Waals surface area (Å²) in [6.45, 7) is -0.282. The largest absolute Gasteiger partial charge is 0.481 e. The third-order valence-electron chi connectivity index (χ3n) is 4.25. The van der Waals surface area contributed by atoms with Gasteiger partial charge >= 0.3 is 11.9 Å².